The van der Waals surface area contributed by atoms with Gasteiger partial charge in [-0.2, -0.15) is 6.42 Å². The van der Waals surface area contributed by atoms with E-state index in [0.29, 0.717) is 0 Å². The Bertz CT molecular complexity index is 190. The minimum Gasteiger partial charge on any atom is -0.346 e. The molecule has 0 aromatic carbocycles. The molecule has 1 fully saturated rings. The number of nitrogens with zero attached hydrogens (tertiary/aromatic N) is 1. The first kappa shape index (κ1) is 11.1. The summed E-state index contributed by atoms with van der Waals surface area (Å²) in [6.07, 6.45) is 7.92. The molecule has 1 aliphatic carbocycles. The molecule has 3 heteroatoms. The first-order chi connectivity index (χ1) is 4.83. The minimum absolute atomic E-state index is 0. The van der Waals surface area contributed by atoms with Gasteiger partial charge >= 0.3 is 0 Å². The van der Waals surface area contributed by atoms with Crippen LogP contribution in [0.2, 0.25) is 0 Å². The van der Waals surface area contributed by atoms with Gasteiger partial charge in [0.05, 0.1) is 0 Å². The monoisotopic (exact) mass is 262 g/mol. The zero-order chi connectivity index (χ0) is 7.40. The van der Waals surface area contributed by atoms with Crippen molar-refractivity contribution < 1.29 is 19.5 Å². The average Bonchev–Trinajstić information content (AvgIpc) is 1.84. The van der Waals surface area contributed by atoms with E-state index in [1.807, 2.05) is 0 Å². The first-order valence-corrected chi connectivity index (χ1v) is 4.00. The van der Waals surface area contributed by atoms with Crippen molar-refractivity contribution in [2.24, 2.45) is 4.99 Å². The van der Waals surface area contributed by atoms with Gasteiger partial charge in [-0.05, 0) is 15.9 Å². The predicted octanol–water partition coefficient (Wildman–Crippen LogP) is 2.85. The van der Waals surface area contributed by atoms with Crippen LogP contribution in [0.1, 0.15) is 12.8 Å². The molecule has 0 unspecified atom stereocenters. The van der Waals surface area contributed by atoms with Crippen LogP contribution < -0.4 is 0 Å². The van der Waals surface area contributed by atoms with Gasteiger partial charge in [0.15, 0.2) is 0 Å². The Morgan fingerprint density at radius 3 is 2.73 bits per heavy atom. The number of hydrogen-bond acceptors (Lipinski definition) is 1. The van der Waals surface area contributed by atoms with Crippen molar-refractivity contribution in [1.82, 2.24) is 0 Å². The Hall–Kier alpha value is 0.123. The van der Waals surface area contributed by atoms with Gasteiger partial charge in [-0.25, -0.2) is 0 Å². The van der Waals surface area contributed by atoms with E-state index in [1.165, 1.54) is 12.1 Å². The second-order valence-corrected chi connectivity index (χ2v) is 3.00. The largest absolute Gasteiger partial charge is 0.346 e. The Morgan fingerprint density at radius 2 is 2.36 bits per heavy atom. The van der Waals surface area contributed by atoms with Crippen LogP contribution in [0, 0.1) is 6.42 Å². The molecule has 0 amide bonds. The van der Waals surface area contributed by atoms with Crippen molar-refractivity contribution in [2.75, 3.05) is 0 Å². The van der Waals surface area contributed by atoms with Gasteiger partial charge in [0.1, 0.15) is 0 Å². The topological polar surface area (TPSA) is 12.4 Å². The maximum atomic E-state index is 4.18. The summed E-state index contributed by atoms with van der Waals surface area (Å²) in [4.78, 5) is 4.18. The maximum absolute atomic E-state index is 4.18. The molecule has 0 aromatic heterocycles. The SMILES string of the molecule is C=C/C(Br)=C\N=C1[CH-]CC1.[Zn]. The van der Waals surface area contributed by atoms with Crippen molar-refractivity contribution >= 4 is 21.6 Å². The second-order valence-electron chi connectivity index (χ2n) is 2.08. The van der Waals surface area contributed by atoms with Crippen LogP contribution >= 0.6 is 15.9 Å². The molecule has 0 saturated heterocycles. The summed E-state index contributed by atoms with van der Waals surface area (Å²) >= 11 is 3.28. The summed E-state index contributed by atoms with van der Waals surface area (Å²) in [7, 11) is 0. The van der Waals surface area contributed by atoms with Crippen LogP contribution in [0.25, 0.3) is 0 Å². The van der Waals surface area contributed by atoms with Crippen molar-refractivity contribution in [3.8, 4) is 0 Å². The van der Waals surface area contributed by atoms with E-state index >= 15 is 0 Å². The second kappa shape index (κ2) is 5.73. The summed E-state index contributed by atoms with van der Waals surface area (Å²) in [5.41, 5.74) is 1.18. The van der Waals surface area contributed by atoms with Crippen LogP contribution in [0.15, 0.2) is 28.3 Å². The van der Waals surface area contributed by atoms with E-state index < -0.39 is 0 Å². The van der Waals surface area contributed by atoms with Crippen molar-refractivity contribution in [3.05, 3.63) is 29.8 Å². The molecule has 0 spiro atoms. The molecule has 1 saturated carbocycles. The maximum Gasteiger partial charge on any atom is 0.0379 e. The van der Waals surface area contributed by atoms with Gasteiger partial charge in [-0.15, -0.1) is 5.71 Å². The number of hydrogen-bond donors (Lipinski definition) is 0. The van der Waals surface area contributed by atoms with Crippen LogP contribution in [0.3, 0.4) is 0 Å². The van der Waals surface area contributed by atoms with E-state index in [-0.39, 0.29) is 19.5 Å². The number of rotatable bonds is 2. The van der Waals surface area contributed by atoms with Gasteiger partial charge < -0.3 is 6.42 Å². The fraction of sp³-hybridized carbons (Fsp3) is 0.250. The van der Waals surface area contributed by atoms with Crippen LogP contribution in [-0.4, -0.2) is 5.71 Å². The molecule has 11 heavy (non-hydrogen) atoms. The molecule has 0 N–H and O–H groups in total. The summed E-state index contributed by atoms with van der Waals surface area (Å²) in [6.45, 7) is 3.59. The van der Waals surface area contributed by atoms with Crippen LogP contribution in [-0.2, 0) is 19.5 Å². The molecule has 0 bridgehead atoms. The number of aliphatic imine (C=N–C) groups is 1. The van der Waals surface area contributed by atoms with Gasteiger partial charge in [-0.3, -0.25) is 4.99 Å². The third-order valence-electron chi connectivity index (χ3n) is 1.33. The molecule has 0 atom stereocenters. The van der Waals surface area contributed by atoms with Gasteiger partial charge in [-0.1, -0.05) is 19.1 Å². The third-order valence-corrected chi connectivity index (χ3v) is 1.86. The normalized spacial score (nSPS) is 19.7. The van der Waals surface area contributed by atoms with Gasteiger partial charge in [0, 0.05) is 30.2 Å². The zero-order valence-corrected chi connectivity index (χ0v) is 10.9. The third kappa shape index (κ3) is 3.88. The Balaban J connectivity index is 0.000001000. The summed E-state index contributed by atoms with van der Waals surface area (Å²) in [5, 5.41) is 0. The Kier molecular flexibility index (Phi) is 5.80. The van der Waals surface area contributed by atoms with Crippen molar-refractivity contribution in [2.45, 2.75) is 12.8 Å². The van der Waals surface area contributed by atoms with E-state index in [1.54, 1.807) is 12.3 Å². The molecular weight excluding hydrogens is 255 g/mol. The Labute approximate surface area is 88.6 Å². The van der Waals surface area contributed by atoms with Crippen LogP contribution in [0.5, 0.6) is 0 Å². The van der Waals surface area contributed by atoms with Crippen molar-refractivity contribution in [1.29, 1.82) is 0 Å². The number of halogens is 1. The molecule has 0 aliphatic heterocycles. The fourth-order valence-electron chi connectivity index (χ4n) is 0.588. The molecule has 0 heterocycles. The molecule has 1 rings (SSSR count). The summed E-state index contributed by atoms with van der Waals surface area (Å²) in [6, 6.07) is 0. The molecule has 1 aliphatic rings. The quantitative estimate of drug-likeness (QED) is 0.413. The zero-order valence-electron chi connectivity index (χ0n) is 6.39. The van der Waals surface area contributed by atoms with Gasteiger partial charge in [0.2, 0.25) is 0 Å². The van der Waals surface area contributed by atoms with E-state index in [4.69, 9.17) is 0 Å². The fourth-order valence-corrected chi connectivity index (χ4v) is 0.690. The summed E-state index contributed by atoms with van der Waals surface area (Å²) < 4.78 is 0.931. The minimum atomic E-state index is 0. The predicted molar refractivity (Wildman–Crippen MR) is 48.2 cm³/mol. The van der Waals surface area contributed by atoms with Crippen LogP contribution in [0.4, 0.5) is 0 Å². The average molecular weight is 264 g/mol. The molecule has 0 aromatic rings. The first-order valence-electron chi connectivity index (χ1n) is 3.21. The standard InChI is InChI=1S/C8H9BrN.Zn/c1-2-7(9)6-10-8-4-3-5-8;/h2,4,6H,1,3,5H2;/q-1;/b7-6+,10-8?;. The van der Waals surface area contributed by atoms with E-state index in [9.17, 15) is 0 Å². The smallest absolute Gasteiger partial charge is 0.0379 e. The Morgan fingerprint density at radius 1 is 1.73 bits per heavy atom. The molecular formula is C8H9BrNZn-. The number of allylic oxidation sites excluding steroid dienone is 2. The van der Waals surface area contributed by atoms with Crippen molar-refractivity contribution in [3.63, 3.8) is 0 Å². The van der Waals surface area contributed by atoms with E-state index in [2.05, 4.69) is 33.9 Å². The molecule has 1 nitrogen and oxygen atoms in total. The van der Waals surface area contributed by atoms with E-state index in [0.717, 1.165) is 10.9 Å². The molecule has 0 radical (unpaired) electrons. The summed E-state index contributed by atoms with van der Waals surface area (Å²) in [5.74, 6) is 0. The molecule has 56 valence electrons. The van der Waals surface area contributed by atoms with Gasteiger partial charge in [0.25, 0.3) is 0 Å².